The van der Waals surface area contributed by atoms with E-state index in [1.807, 2.05) is 6.92 Å². The molecule has 0 spiro atoms. The minimum atomic E-state index is -0.380. The van der Waals surface area contributed by atoms with Crippen molar-refractivity contribution in [2.75, 3.05) is 19.3 Å². The molecule has 0 bridgehead atoms. The summed E-state index contributed by atoms with van der Waals surface area (Å²) in [5.74, 6) is 6.16. The molecule has 0 amide bonds. The number of rotatable bonds is 5. The SMILES string of the molecule is CCOCOc1cc(F)cc(C#CCCCl)c1. The Morgan fingerprint density at radius 2 is 2.18 bits per heavy atom. The molecule has 0 aliphatic heterocycles. The minimum absolute atomic E-state index is 0.106. The summed E-state index contributed by atoms with van der Waals surface area (Å²) in [6, 6.07) is 4.32. The molecule has 0 saturated carbocycles. The molecule has 92 valence electrons. The molecule has 0 fully saturated rings. The van der Waals surface area contributed by atoms with Crippen molar-refractivity contribution in [3.63, 3.8) is 0 Å². The monoisotopic (exact) mass is 256 g/mol. The van der Waals surface area contributed by atoms with E-state index >= 15 is 0 Å². The van der Waals surface area contributed by atoms with E-state index in [1.165, 1.54) is 12.1 Å². The first-order chi connectivity index (χ1) is 8.26. The van der Waals surface area contributed by atoms with Crippen LogP contribution in [0.15, 0.2) is 18.2 Å². The molecule has 4 heteroatoms. The van der Waals surface area contributed by atoms with Gasteiger partial charge in [0.05, 0.1) is 0 Å². The van der Waals surface area contributed by atoms with E-state index in [0.717, 1.165) is 0 Å². The first kappa shape index (κ1) is 13.8. The lowest BCUT2D eigenvalue weighted by Crippen LogP contribution is -2.02. The molecule has 0 N–H and O–H groups in total. The molecule has 0 unspecified atom stereocenters. The molecule has 17 heavy (non-hydrogen) atoms. The van der Waals surface area contributed by atoms with Gasteiger partial charge in [-0.3, -0.25) is 0 Å². The van der Waals surface area contributed by atoms with Crippen molar-refractivity contribution in [1.29, 1.82) is 0 Å². The summed E-state index contributed by atoms with van der Waals surface area (Å²) in [6.45, 7) is 2.52. The second-order valence-electron chi connectivity index (χ2n) is 3.17. The summed E-state index contributed by atoms with van der Waals surface area (Å²) >= 11 is 5.50. The van der Waals surface area contributed by atoms with Crippen molar-refractivity contribution in [1.82, 2.24) is 0 Å². The summed E-state index contributed by atoms with van der Waals surface area (Å²) in [7, 11) is 0. The maximum Gasteiger partial charge on any atom is 0.189 e. The Kier molecular flexibility index (Phi) is 6.46. The van der Waals surface area contributed by atoms with E-state index in [0.29, 0.717) is 30.2 Å². The molecule has 0 atom stereocenters. The van der Waals surface area contributed by atoms with Gasteiger partial charge in [-0.15, -0.1) is 11.6 Å². The van der Waals surface area contributed by atoms with Crippen molar-refractivity contribution in [3.8, 4) is 17.6 Å². The standard InChI is InChI=1S/C13H14ClFO2/c1-2-16-10-17-13-8-11(5-3-4-6-14)7-12(15)9-13/h7-9H,2,4,6,10H2,1H3. The molecule has 1 aromatic carbocycles. The van der Waals surface area contributed by atoms with Crippen molar-refractivity contribution >= 4 is 11.6 Å². The summed E-state index contributed by atoms with van der Waals surface area (Å²) in [4.78, 5) is 0. The summed E-state index contributed by atoms with van der Waals surface area (Å²) in [5, 5.41) is 0. The average molecular weight is 257 g/mol. The maximum absolute atomic E-state index is 13.2. The topological polar surface area (TPSA) is 18.5 Å². The van der Waals surface area contributed by atoms with Gasteiger partial charge in [-0.05, 0) is 19.1 Å². The van der Waals surface area contributed by atoms with Crippen LogP contribution in [0.5, 0.6) is 5.75 Å². The van der Waals surface area contributed by atoms with Crippen molar-refractivity contribution < 1.29 is 13.9 Å². The highest BCUT2D eigenvalue weighted by atomic mass is 35.5. The van der Waals surface area contributed by atoms with Crippen LogP contribution in [0.3, 0.4) is 0 Å². The molecule has 0 saturated heterocycles. The van der Waals surface area contributed by atoms with Gasteiger partial charge in [0.2, 0.25) is 0 Å². The van der Waals surface area contributed by atoms with E-state index in [2.05, 4.69) is 11.8 Å². The first-order valence-corrected chi connectivity index (χ1v) is 5.85. The molecule has 2 nitrogen and oxygen atoms in total. The molecule has 0 aromatic heterocycles. The molecule has 1 aromatic rings. The highest BCUT2D eigenvalue weighted by Gasteiger charge is 2.00. The zero-order valence-electron chi connectivity index (χ0n) is 9.63. The highest BCUT2D eigenvalue weighted by Crippen LogP contribution is 2.15. The number of hydrogen-bond acceptors (Lipinski definition) is 2. The lowest BCUT2D eigenvalue weighted by molar-refractivity contribution is 0.0222. The van der Waals surface area contributed by atoms with E-state index in [9.17, 15) is 4.39 Å². The first-order valence-electron chi connectivity index (χ1n) is 5.32. The van der Waals surface area contributed by atoms with Gasteiger partial charge >= 0.3 is 0 Å². The van der Waals surface area contributed by atoms with Gasteiger partial charge in [0, 0.05) is 30.5 Å². The Morgan fingerprint density at radius 3 is 2.88 bits per heavy atom. The fraction of sp³-hybridized carbons (Fsp3) is 0.385. The Bertz CT molecular complexity index is 410. The summed E-state index contributed by atoms with van der Waals surface area (Å²) in [6.07, 6.45) is 0.577. The summed E-state index contributed by atoms with van der Waals surface area (Å²) in [5.41, 5.74) is 0.571. The van der Waals surface area contributed by atoms with Crippen LogP contribution in [0, 0.1) is 17.7 Å². The predicted molar refractivity (Wildman–Crippen MR) is 65.7 cm³/mol. The lowest BCUT2D eigenvalue weighted by Gasteiger charge is -2.06. The van der Waals surface area contributed by atoms with Crippen LogP contribution in [-0.4, -0.2) is 19.3 Å². The normalized spacial score (nSPS) is 9.59. The van der Waals surface area contributed by atoms with Crippen LogP contribution < -0.4 is 4.74 Å². The van der Waals surface area contributed by atoms with Crippen LogP contribution >= 0.6 is 11.6 Å². The molecule has 0 heterocycles. The van der Waals surface area contributed by atoms with Crippen LogP contribution in [0.4, 0.5) is 4.39 Å². The third-order valence-electron chi connectivity index (χ3n) is 1.84. The Balaban J connectivity index is 2.69. The van der Waals surface area contributed by atoms with E-state index in [-0.39, 0.29) is 12.6 Å². The smallest absolute Gasteiger partial charge is 0.189 e. The maximum atomic E-state index is 13.2. The molecular formula is C13H14ClFO2. The van der Waals surface area contributed by atoms with Gasteiger partial charge in [-0.2, -0.15) is 0 Å². The second-order valence-corrected chi connectivity index (χ2v) is 3.55. The second kappa shape index (κ2) is 7.94. The molecule has 0 aliphatic rings. The minimum Gasteiger partial charge on any atom is -0.467 e. The van der Waals surface area contributed by atoms with Crippen LogP contribution in [0.25, 0.3) is 0 Å². The largest absolute Gasteiger partial charge is 0.467 e. The Morgan fingerprint density at radius 1 is 1.35 bits per heavy atom. The van der Waals surface area contributed by atoms with Gasteiger partial charge in [0.15, 0.2) is 6.79 Å². The van der Waals surface area contributed by atoms with Gasteiger partial charge in [0.1, 0.15) is 11.6 Å². The van der Waals surface area contributed by atoms with E-state index in [4.69, 9.17) is 21.1 Å². The Hall–Kier alpha value is -1.24. The quantitative estimate of drug-likeness (QED) is 0.349. The number of hydrogen-bond donors (Lipinski definition) is 0. The third-order valence-corrected chi connectivity index (χ3v) is 2.03. The fourth-order valence-electron chi connectivity index (χ4n) is 1.12. The van der Waals surface area contributed by atoms with Crippen molar-refractivity contribution in [2.45, 2.75) is 13.3 Å². The van der Waals surface area contributed by atoms with Crippen molar-refractivity contribution in [3.05, 3.63) is 29.6 Å². The highest BCUT2D eigenvalue weighted by molar-refractivity contribution is 6.18. The van der Waals surface area contributed by atoms with Gasteiger partial charge in [0.25, 0.3) is 0 Å². The average Bonchev–Trinajstić information content (AvgIpc) is 2.29. The van der Waals surface area contributed by atoms with Gasteiger partial charge in [-0.25, -0.2) is 4.39 Å². The zero-order chi connectivity index (χ0) is 12.5. The van der Waals surface area contributed by atoms with E-state index in [1.54, 1.807) is 6.07 Å². The van der Waals surface area contributed by atoms with Crippen molar-refractivity contribution in [2.24, 2.45) is 0 Å². The van der Waals surface area contributed by atoms with Gasteiger partial charge in [-0.1, -0.05) is 11.8 Å². The number of ether oxygens (including phenoxy) is 2. The van der Waals surface area contributed by atoms with Gasteiger partial charge < -0.3 is 9.47 Å². The van der Waals surface area contributed by atoms with Crippen LogP contribution in [-0.2, 0) is 4.74 Å². The van der Waals surface area contributed by atoms with E-state index < -0.39 is 0 Å². The number of alkyl halides is 1. The third kappa shape index (κ3) is 5.58. The Labute approximate surface area is 106 Å². The molecule has 0 aliphatic carbocycles. The summed E-state index contributed by atoms with van der Waals surface area (Å²) < 4.78 is 23.5. The fourth-order valence-corrected chi connectivity index (χ4v) is 1.22. The molecule has 0 radical (unpaired) electrons. The number of benzene rings is 1. The number of halogens is 2. The van der Waals surface area contributed by atoms with Crippen LogP contribution in [0.1, 0.15) is 18.9 Å². The zero-order valence-corrected chi connectivity index (χ0v) is 10.4. The molecule has 1 rings (SSSR count). The lowest BCUT2D eigenvalue weighted by atomic mass is 10.2. The predicted octanol–water partition coefficient (Wildman–Crippen LogP) is 3.18. The van der Waals surface area contributed by atoms with Crippen LogP contribution in [0.2, 0.25) is 0 Å². The molecular weight excluding hydrogens is 243 g/mol.